The van der Waals surface area contributed by atoms with Crippen molar-refractivity contribution < 1.29 is 13.0 Å². The van der Waals surface area contributed by atoms with E-state index in [2.05, 4.69) is 12.1 Å². The van der Waals surface area contributed by atoms with Crippen molar-refractivity contribution in [2.75, 3.05) is 12.3 Å². The Hall–Kier alpha value is -0.790. The first kappa shape index (κ1) is 15.6. The van der Waals surface area contributed by atoms with Crippen LogP contribution in [0, 0.1) is 0 Å². The molecule has 0 saturated carbocycles. The van der Waals surface area contributed by atoms with Crippen LogP contribution in [-0.4, -0.2) is 25.3 Å². The van der Waals surface area contributed by atoms with Gasteiger partial charge in [0.15, 0.2) is 0 Å². The van der Waals surface area contributed by atoms with Crippen molar-refractivity contribution in [3.8, 4) is 0 Å². The Kier molecular flexibility index (Phi) is 5.68. The quantitative estimate of drug-likeness (QED) is 0.503. The summed E-state index contributed by atoms with van der Waals surface area (Å²) in [5, 5.41) is 2.32. The summed E-state index contributed by atoms with van der Waals surface area (Å²) in [5.41, 5.74) is 0. The minimum atomic E-state index is -4.09. The van der Waals surface area contributed by atoms with Crippen LogP contribution in [-0.2, 0) is 10.1 Å². The molecular formula is C14H16O3P2S. The molecule has 1 N–H and O–H groups in total. The second-order valence-electron chi connectivity index (χ2n) is 4.22. The summed E-state index contributed by atoms with van der Waals surface area (Å²) in [5.74, 6) is 0. The number of rotatable bonds is 6. The summed E-state index contributed by atoms with van der Waals surface area (Å²) in [6.45, 7) is 0. The molecule has 0 amide bonds. The van der Waals surface area contributed by atoms with Gasteiger partial charge in [0.2, 0.25) is 0 Å². The Labute approximate surface area is 123 Å². The Morgan fingerprint density at radius 1 is 0.850 bits per heavy atom. The summed E-state index contributed by atoms with van der Waals surface area (Å²) in [7, 11) is -2.75. The molecule has 2 rings (SSSR count). The zero-order valence-corrected chi connectivity index (χ0v) is 13.6. The highest BCUT2D eigenvalue weighted by molar-refractivity contribution is 7.85. The highest BCUT2D eigenvalue weighted by atomic mass is 32.2. The molecule has 6 heteroatoms. The largest absolute Gasteiger partial charge is 0.294 e. The maximum Gasteiger partial charge on any atom is 0.294 e. The fourth-order valence-electron chi connectivity index (χ4n) is 1.74. The highest BCUT2D eigenvalue weighted by Crippen LogP contribution is 2.18. The van der Waals surface area contributed by atoms with Gasteiger partial charge in [-0.25, -0.2) is 0 Å². The second-order valence-corrected chi connectivity index (χ2v) is 8.51. The lowest BCUT2D eigenvalue weighted by atomic mass is 10.4. The van der Waals surface area contributed by atoms with Crippen LogP contribution in [0.5, 0.6) is 0 Å². The minimum Gasteiger partial charge on any atom is -0.282 e. The molecule has 0 aliphatic carbocycles. The van der Waals surface area contributed by atoms with E-state index < -0.39 is 10.1 Å². The molecule has 106 valence electrons. The molecule has 0 spiro atoms. The van der Waals surface area contributed by atoms with Gasteiger partial charge >= 0.3 is 0 Å². The third-order valence-corrected chi connectivity index (χ3v) is 6.50. The van der Waals surface area contributed by atoms with Crippen molar-refractivity contribution in [1.29, 1.82) is 0 Å². The molecule has 0 aliphatic rings. The molecule has 0 aliphatic heterocycles. The molecule has 0 saturated heterocycles. The third kappa shape index (κ3) is 4.96. The maximum absolute atomic E-state index is 11.1. The highest BCUT2D eigenvalue weighted by Gasteiger charge is 2.09. The zero-order chi connectivity index (χ0) is 14.4. The van der Waals surface area contributed by atoms with E-state index in [4.69, 9.17) is 4.55 Å². The van der Waals surface area contributed by atoms with Gasteiger partial charge in [0.1, 0.15) is 0 Å². The number of hydrogen-bond donors (Lipinski definition) is 1. The van der Waals surface area contributed by atoms with Crippen molar-refractivity contribution in [2.24, 2.45) is 0 Å². The predicted octanol–water partition coefficient (Wildman–Crippen LogP) is 2.24. The van der Waals surface area contributed by atoms with Crippen molar-refractivity contribution >= 4 is 37.9 Å². The minimum absolute atomic E-state index is 0.0204. The molecule has 0 bridgehead atoms. The van der Waals surface area contributed by atoms with Gasteiger partial charge in [-0.3, -0.25) is 4.55 Å². The van der Waals surface area contributed by atoms with Gasteiger partial charge in [-0.1, -0.05) is 59.6 Å². The van der Waals surface area contributed by atoms with Crippen LogP contribution in [0.15, 0.2) is 59.5 Å². The average Bonchev–Trinajstić information content (AvgIpc) is 2.44. The first-order chi connectivity index (χ1) is 9.55. The lowest BCUT2D eigenvalue weighted by Gasteiger charge is -2.04. The Morgan fingerprint density at radius 2 is 1.45 bits per heavy atom. The van der Waals surface area contributed by atoms with E-state index in [1.54, 1.807) is 12.1 Å². The molecule has 2 aromatic rings. The third-order valence-electron chi connectivity index (χ3n) is 2.69. The van der Waals surface area contributed by atoms with E-state index in [9.17, 15) is 8.42 Å². The predicted molar refractivity (Wildman–Crippen MR) is 88.3 cm³/mol. The van der Waals surface area contributed by atoms with Crippen LogP contribution in [0.4, 0.5) is 0 Å². The second kappa shape index (κ2) is 7.28. The molecule has 0 fully saturated rings. The van der Waals surface area contributed by atoms with Gasteiger partial charge in [-0.2, -0.15) is 8.42 Å². The molecule has 20 heavy (non-hydrogen) atoms. The molecule has 0 heterocycles. The summed E-state index contributed by atoms with van der Waals surface area (Å²) >= 11 is 0. The topological polar surface area (TPSA) is 54.4 Å². The standard InChI is InChI=1S/C14H16O3P2S/c15-20(16,17)14-8-4-7-13(11-14)19-10-9-18-12-5-2-1-3-6-12/h1-8,11,18-19H,9-10H2,(H,15,16,17). The van der Waals surface area contributed by atoms with Gasteiger partial charge in [0, 0.05) is 0 Å². The SMILES string of the molecule is O=S(=O)(O)c1cccc(PCCPc2ccccc2)c1. The molecule has 2 aromatic carbocycles. The molecule has 2 atom stereocenters. The molecule has 0 aromatic heterocycles. The zero-order valence-electron chi connectivity index (χ0n) is 10.8. The van der Waals surface area contributed by atoms with E-state index in [0.717, 1.165) is 26.2 Å². The Balaban J connectivity index is 1.86. The van der Waals surface area contributed by atoms with Gasteiger partial charge in [0.25, 0.3) is 10.1 Å². The van der Waals surface area contributed by atoms with Crippen molar-refractivity contribution in [3.63, 3.8) is 0 Å². The first-order valence-corrected chi connectivity index (χ1v) is 10.0. The van der Waals surface area contributed by atoms with Crippen molar-refractivity contribution in [3.05, 3.63) is 54.6 Å². The van der Waals surface area contributed by atoms with Crippen LogP contribution in [0.25, 0.3) is 0 Å². The summed E-state index contributed by atoms with van der Waals surface area (Å²) in [6.07, 6.45) is 2.13. The van der Waals surface area contributed by atoms with Crippen molar-refractivity contribution in [2.45, 2.75) is 4.90 Å². The smallest absolute Gasteiger partial charge is 0.282 e. The Bertz CT molecular complexity index is 657. The number of benzene rings is 2. The first-order valence-electron chi connectivity index (χ1n) is 6.16. The van der Waals surface area contributed by atoms with Gasteiger partial charge in [-0.05, 0) is 35.1 Å². The maximum atomic E-state index is 11.1. The van der Waals surface area contributed by atoms with Crippen LogP contribution < -0.4 is 10.6 Å². The van der Waals surface area contributed by atoms with Crippen LogP contribution in [0.2, 0.25) is 0 Å². The molecule has 3 nitrogen and oxygen atoms in total. The van der Waals surface area contributed by atoms with Crippen LogP contribution in [0.3, 0.4) is 0 Å². The molecular weight excluding hydrogens is 310 g/mol. The normalized spacial score (nSPS) is 12.7. The van der Waals surface area contributed by atoms with E-state index in [-0.39, 0.29) is 4.90 Å². The van der Waals surface area contributed by atoms with Crippen LogP contribution in [0.1, 0.15) is 0 Å². The fourth-order valence-corrected chi connectivity index (χ4v) is 4.84. The van der Waals surface area contributed by atoms with Crippen molar-refractivity contribution in [1.82, 2.24) is 0 Å². The van der Waals surface area contributed by atoms with E-state index in [0.29, 0.717) is 8.58 Å². The number of hydrogen-bond acceptors (Lipinski definition) is 2. The molecule has 2 unspecified atom stereocenters. The average molecular weight is 326 g/mol. The fraction of sp³-hybridized carbons (Fsp3) is 0.143. The van der Waals surface area contributed by atoms with E-state index in [1.165, 1.54) is 11.4 Å². The van der Waals surface area contributed by atoms with E-state index in [1.807, 2.05) is 24.3 Å². The lowest BCUT2D eigenvalue weighted by molar-refractivity contribution is 0.483. The monoisotopic (exact) mass is 326 g/mol. The summed E-state index contributed by atoms with van der Waals surface area (Å²) in [6, 6.07) is 16.9. The molecule has 0 radical (unpaired) electrons. The van der Waals surface area contributed by atoms with Gasteiger partial charge in [0.05, 0.1) is 4.90 Å². The summed E-state index contributed by atoms with van der Waals surface area (Å²) < 4.78 is 31.1. The lowest BCUT2D eigenvalue weighted by Crippen LogP contribution is -2.04. The summed E-state index contributed by atoms with van der Waals surface area (Å²) in [4.78, 5) is -0.0204. The van der Waals surface area contributed by atoms with E-state index >= 15 is 0 Å². The van der Waals surface area contributed by atoms with Crippen LogP contribution >= 0.6 is 17.2 Å². The van der Waals surface area contributed by atoms with Gasteiger partial charge < -0.3 is 0 Å². The Morgan fingerprint density at radius 3 is 2.10 bits per heavy atom. The van der Waals surface area contributed by atoms with Gasteiger partial charge in [-0.15, -0.1) is 0 Å².